The molecule has 1 radical (unpaired) electrons. The van der Waals surface area contributed by atoms with Gasteiger partial charge in [-0.05, 0) is 0 Å². The second-order valence-corrected chi connectivity index (χ2v) is 1.07. The predicted molar refractivity (Wildman–Crippen MR) is 23.7 cm³/mol. The molecule has 0 fully saturated rings. The van der Waals surface area contributed by atoms with Crippen LogP contribution in [0, 0.1) is 0 Å². The molecule has 51 valence electrons. The molecule has 0 aliphatic heterocycles. The number of alkyl halides is 4. The molecular formula is C3H4F4LiO. The molecule has 0 rings (SSSR count). The van der Waals surface area contributed by atoms with Gasteiger partial charge in [0.2, 0.25) is 0 Å². The average molecular weight is 139 g/mol. The van der Waals surface area contributed by atoms with Crippen LogP contribution in [0.3, 0.4) is 0 Å². The van der Waals surface area contributed by atoms with E-state index in [1.807, 2.05) is 0 Å². The third kappa shape index (κ3) is 3.79. The van der Waals surface area contributed by atoms with Gasteiger partial charge in [-0.15, -0.1) is 0 Å². The van der Waals surface area contributed by atoms with Crippen LogP contribution in [0.5, 0.6) is 0 Å². The van der Waals surface area contributed by atoms with Crippen LogP contribution >= 0.6 is 0 Å². The Morgan fingerprint density at radius 3 is 1.67 bits per heavy atom. The minimum absolute atomic E-state index is 0. The third-order valence-corrected chi connectivity index (χ3v) is 0.526. The van der Waals surface area contributed by atoms with E-state index in [0.29, 0.717) is 7.11 Å². The molecule has 0 aromatic carbocycles. The SMILES string of the molecule is COC(F)(F)C(F)F.[Li]. The molecule has 0 saturated heterocycles. The fourth-order valence-corrected chi connectivity index (χ4v) is 0.0891. The van der Waals surface area contributed by atoms with Gasteiger partial charge in [0.15, 0.2) is 0 Å². The zero-order valence-corrected chi connectivity index (χ0v) is 5.00. The van der Waals surface area contributed by atoms with Crippen LogP contribution in [-0.4, -0.2) is 38.5 Å². The van der Waals surface area contributed by atoms with Gasteiger partial charge in [0.1, 0.15) is 0 Å². The Morgan fingerprint density at radius 2 is 1.67 bits per heavy atom. The van der Waals surface area contributed by atoms with Crippen molar-refractivity contribution in [3.8, 4) is 0 Å². The maximum atomic E-state index is 11.3. The fourth-order valence-electron chi connectivity index (χ4n) is 0.0891. The Balaban J connectivity index is 0. The summed E-state index contributed by atoms with van der Waals surface area (Å²) in [5, 5.41) is 0. The number of ether oxygens (including phenoxy) is 1. The maximum absolute atomic E-state index is 11.3. The molecule has 0 amide bonds. The van der Waals surface area contributed by atoms with Crippen LogP contribution in [-0.2, 0) is 4.74 Å². The van der Waals surface area contributed by atoms with Crippen LogP contribution in [0.2, 0.25) is 0 Å². The van der Waals surface area contributed by atoms with Gasteiger partial charge in [-0.1, -0.05) is 0 Å². The van der Waals surface area contributed by atoms with E-state index in [4.69, 9.17) is 0 Å². The summed E-state index contributed by atoms with van der Waals surface area (Å²) in [6, 6.07) is 0. The van der Waals surface area contributed by atoms with E-state index in [0.717, 1.165) is 0 Å². The summed E-state index contributed by atoms with van der Waals surface area (Å²) >= 11 is 0. The van der Waals surface area contributed by atoms with Crippen molar-refractivity contribution in [2.45, 2.75) is 12.5 Å². The molecule has 0 N–H and O–H groups in total. The molecule has 0 atom stereocenters. The Kier molecular flexibility index (Phi) is 5.53. The molecule has 0 bridgehead atoms. The quantitative estimate of drug-likeness (QED) is 0.411. The smallest absolute Gasteiger partial charge is 0.319 e. The number of halogens is 4. The van der Waals surface area contributed by atoms with Crippen molar-refractivity contribution in [3.05, 3.63) is 0 Å². The molecule has 0 spiro atoms. The minimum atomic E-state index is -4.29. The van der Waals surface area contributed by atoms with Gasteiger partial charge in [-0.25, -0.2) is 8.78 Å². The fraction of sp³-hybridized carbons (Fsp3) is 1.00. The van der Waals surface area contributed by atoms with E-state index < -0.39 is 12.5 Å². The van der Waals surface area contributed by atoms with Crippen LogP contribution in [0.4, 0.5) is 17.6 Å². The maximum Gasteiger partial charge on any atom is 0.416 e. The number of hydrogen-bond acceptors (Lipinski definition) is 1. The van der Waals surface area contributed by atoms with Gasteiger partial charge in [-0.3, -0.25) is 0 Å². The van der Waals surface area contributed by atoms with Gasteiger partial charge in [0.05, 0.1) is 0 Å². The zero-order chi connectivity index (χ0) is 6.78. The van der Waals surface area contributed by atoms with Crippen LogP contribution in [0.15, 0.2) is 0 Å². The summed E-state index contributed by atoms with van der Waals surface area (Å²) in [7, 11) is 0.520. The van der Waals surface area contributed by atoms with Crippen molar-refractivity contribution in [1.82, 2.24) is 0 Å². The summed E-state index contributed by atoms with van der Waals surface area (Å²) in [6.07, 6.45) is -8.03. The molecule has 0 aliphatic carbocycles. The molecule has 0 heterocycles. The van der Waals surface area contributed by atoms with Crippen molar-refractivity contribution in [1.29, 1.82) is 0 Å². The summed E-state index contributed by atoms with van der Waals surface area (Å²) < 4.78 is 47.6. The standard InChI is InChI=1S/C3H4F4O.Li/c1-8-3(6,7)2(4)5;/h2H,1H3;. The van der Waals surface area contributed by atoms with Crippen molar-refractivity contribution in [2.24, 2.45) is 0 Å². The minimum Gasteiger partial charge on any atom is -0.319 e. The number of hydrogen-bond donors (Lipinski definition) is 0. The second-order valence-electron chi connectivity index (χ2n) is 1.07. The van der Waals surface area contributed by atoms with Crippen molar-refractivity contribution >= 4 is 18.9 Å². The van der Waals surface area contributed by atoms with Crippen molar-refractivity contribution < 1.29 is 22.3 Å². The van der Waals surface area contributed by atoms with Gasteiger partial charge < -0.3 is 4.74 Å². The topological polar surface area (TPSA) is 9.23 Å². The molecule has 0 aromatic rings. The van der Waals surface area contributed by atoms with Crippen LogP contribution in [0.1, 0.15) is 0 Å². The second kappa shape index (κ2) is 4.15. The average Bonchev–Trinajstić information content (AvgIpc) is 1.67. The normalized spacial score (nSPS) is 11.3. The van der Waals surface area contributed by atoms with Gasteiger partial charge in [-0.2, -0.15) is 8.78 Å². The number of methoxy groups -OCH3 is 1. The molecule has 6 heteroatoms. The zero-order valence-electron chi connectivity index (χ0n) is 5.00. The van der Waals surface area contributed by atoms with E-state index in [-0.39, 0.29) is 18.9 Å². The summed E-state index contributed by atoms with van der Waals surface area (Å²) in [4.78, 5) is 0. The molecule has 0 aliphatic rings. The van der Waals surface area contributed by atoms with Gasteiger partial charge >= 0.3 is 12.5 Å². The van der Waals surface area contributed by atoms with Crippen LogP contribution < -0.4 is 0 Å². The first-order valence-corrected chi connectivity index (χ1v) is 1.72. The monoisotopic (exact) mass is 139 g/mol. The van der Waals surface area contributed by atoms with Crippen molar-refractivity contribution in [3.63, 3.8) is 0 Å². The van der Waals surface area contributed by atoms with Gasteiger partial charge in [0, 0.05) is 26.0 Å². The van der Waals surface area contributed by atoms with Crippen LogP contribution in [0.25, 0.3) is 0 Å². The molecule has 0 aromatic heterocycles. The van der Waals surface area contributed by atoms with Crippen molar-refractivity contribution in [2.75, 3.05) is 7.11 Å². The molecular weight excluding hydrogens is 135 g/mol. The van der Waals surface area contributed by atoms with E-state index >= 15 is 0 Å². The molecule has 1 nitrogen and oxygen atoms in total. The largest absolute Gasteiger partial charge is 0.416 e. The van der Waals surface area contributed by atoms with E-state index in [9.17, 15) is 17.6 Å². The molecule has 0 saturated carbocycles. The predicted octanol–water partition coefficient (Wildman–Crippen LogP) is 1.11. The summed E-state index contributed by atoms with van der Waals surface area (Å²) in [5.74, 6) is 0. The Labute approximate surface area is 61.5 Å². The Morgan fingerprint density at radius 1 is 1.33 bits per heavy atom. The third-order valence-electron chi connectivity index (χ3n) is 0.526. The Bertz CT molecular complexity index is 76.2. The first kappa shape index (κ1) is 12.0. The first-order chi connectivity index (χ1) is 3.50. The Hall–Kier alpha value is 0.277. The van der Waals surface area contributed by atoms with E-state index in [1.165, 1.54) is 0 Å². The van der Waals surface area contributed by atoms with E-state index in [2.05, 4.69) is 4.74 Å². The first-order valence-electron chi connectivity index (χ1n) is 1.72. The molecule has 9 heavy (non-hydrogen) atoms. The summed E-state index contributed by atoms with van der Waals surface area (Å²) in [6.45, 7) is 0. The number of rotatable bonds is 2. The van der Waals surface area contributed by atoms with E-state index in [1.54, 1.807) is 0 Å². The summed E-state index contributed by atoms with van der Waals surface area (Å²) in [5.41, 5.74) is 0. The van der Waals surface area contributed by atoms with Gasteiger partial charge in [0.25, 0.3) is 0 Å². The molecule has 0 unspecified atom stereocenters.